The van der Waals surface area contributed by atoms with Crippen LogP contribution in [0.25, 0.3) is 0 Å². The molecule has 0 aromatic carbocycles. The third-order valence-corrected chi connectivity index (χ3v) is 4.00. The molecular weight excluding hydrogens is 282 g/mol. The molecule has 0 bridgehead atoms. The summed E-state index contributed by atoms with van der Waals surface area (Å²) in [7, 11) is 0. The Morgan fingerprint density at radius 3 is 2.91 bits per heavy atom. The first-order chi connectivity index (χ1) is 10.5. The molecule has 2 rings (SSSR count). The highest BCUT2D eigenvalue weighted by Crippen LogP contribution is 2.22. The molecule has 1 atom stereocenters. The van der Waals surface area contributed by atoms with E-state index in [1.54, 1.807) is 24.0 Å². The van der Waals surface area contributed by atoms with Crippen LogP contribution in [0.15, 0.2) is 12.1 Å². The summed E-state index contributed by atoms with van der Waals surface area (Å²) in [6.45, 7) is 2.96. The lowest BCUT2D eigenvalue weighted by Crippen LogP contribution is -2.40. The molecule has 1 aromatic heterocycles. The summed E-state index contributed by atoms with van der Waals surface area (Å²) < 4.78 is 0. The number of carbonyl (C=O) groups is 2. The molecule has 1 fully saturated rings. The van der Waals surface area contributed by atoms with Crippen LogP contribution >= 0.6 is 0 Å². The van der Waals surface area contributed by atoms with Crippen LogP contribution in [0.4, 0.5) is 0 Å². The third-order valence-electron chi connectivity index (χ3n) is 4.00. The Morgan fingerprint density at radius 2 is 2.27 bits per heavy atom. The van der Waals surface area contributed by atoms with E-state index >= 15 is 0 Å². The summed E-state index contributed by atoms with van der Waals surface area (Å²) in [6.07, 6.45) is 2.57. The first-order valence-corrected chi connectivity index (χ1v) is 7.40. The monoisotopic (exact) mass is 301 g/mol. The van der Waals surface area contributed by atoms with E-state index in [0.29, 0.717) is 36.5 Å². The molecule has 1 N–H and O–H groups in total. The highest BCUT2D eigenvalue weighted by molar-refractivity contribution is 5.92. The Balaban J connectivity index is 2.04. The third kappa shape index (κ3) is 3.82. The summed E-state index contributed by atoms with van der Waals surface area (Å²) in [5.41, 5.74) is 1.36. The lowest BCUT2D eigenvalue weighted by molar-refractivity contribution is -0.137. The number of carbonyl (C=O) groups excluding carboxylic acids is 1. The number of carboxylic acid groups (broad SMARTS) is 1. The zero-order valence-electron chi connectivity index (χ0n) is 12.6. The summed E-state index contributed by atoms with van der Waals surface area (Å²) >= 11 is 0. The molecule has 6 heteroatoms. The maximum absolute atomic E-state index is 12.5. The van der Waals surface area contributed by atoms with Gasteiger partial charge in [0.2, 0.25) is 0 Å². The van der Waals surface area contributed by atoms with E-state index in [1.165, 1.54) is 0 Å². The topological polar surface area (TPSA) is 94.3 Å². The number of amides is 1. The molecular formula is C16H19N3O3. The second kappa shape index (κ2) is 7.03. The minimum atomic E-state index is -0.798. The quantitative estimate of drug-likeness (QED) is 0.917. The Kier molecular flexibility index (Phi) is 5.10. The number of nitriles is 1. The van der Waals surface area contributed by atoms with Crippen LogP contribution in [0.3, 0.4) is 0 Å². The van der Waals surface area contributed by atoms with E-state index in [1.807, 2.05) is 6.07 Å². The van der Waals surface area contributed by atoms with E-state index in [2.05, 4.69) is 4.98 Å². The van der Waals surface area contributed by atoms with Crippen LogP contribution in [0.2, 0.25) is 0 Å². The largest absolute Gasteiger partial charge is 0.481 e. The predicted molar refractivity (Wildman–Crippen MR) is 79.2 cm³/mol. The van der Waals surface area contributed by atoms with Crippen LogP contribution in [0.1, 0.15) is 47.4 Å². The van der Waals surface area contributed by atoms with Crippen molar-refractivity contribution < 1.29 is 14.7 Å². The van der Waals surface area contributed by atoms with Crippen LogP contribution in [-0.2, 0) is 4.79 Å². The van der Waals surface area contributed by atoms with Crippen molar-refractivity contribution in [3.05, 3.63) is 29.1 Å². The van der Waals surface area contributed by atoms with Crippen LogP contribution in [0, 0.1) is 24.2 Å². The zero-order chi connectivity index (χ0) is 16.1. The molecule has 0 spiro atoms. The van der Waals surface area contributed by atoms with Gasteiger partial charge >= 0.3 is 5.97 Å². The molecule has 116 valence electrons. The van der Waals surface area contributed by atoms with Crippen molar-refractivity contribution in [2.75, 3.05) is 13.1 Å². The maximum atomic E-state index is 12.5. The van der Waals surface area contributed by atoms with Crippen molar-refractivity contribution in [3.8, 4) is 6.07 Å². The molecule has 1 aromatic rings. The minimum absolute atomic E-state index is 0.140. The van der Waals surface area contributed by atoms with Crippen molar-refractivity contribution in [3.63, 3.8) is 0 Å². The van der Waals surface area contributed by atoms with Crippen molar-refractivity contribution >= 4 is 11.9 Å². The molecule has 0 saturated carbocycles. The van der Waals surface area contributed by atoms with Gasteiger partial charge in [-0.3, -0.25) is 9.59 Å². The Hall–Kier alpha value is -2.42. The van der Waals surface area contributed by atoms with E-state index in [0.717, 1.165) is 12.8 Å². The first kappa shape index (κ1) is 16.0. The number of carboxylic acids is 1. The lowest BCUT2D eigenvalue weighted by atomic mass is 9.93. The van der Waals surface area contributed by atoms with E-state index in [4.69, 9.17) is 10.4 Å². The fraction of sp³-hybridized carbons (Fsp3) is 0.500. The average molecular weight is 301 g/mol. The van der Waals surface area contributed by atoms with Gasteiger partial charge in [0.25, 0.3) is 5.91 Å². The predicted octanol–water partition coefficient (Wildman–Crippen LogP) is 1.98. The number of hydrogen-bond donors (Lipinski definition) is 1. The van der Waals surface area contributed by atoms with Gasteiger partial charge in [-0.25, -0.2) is 4.98 Å². The standard InChI is InChI=1S/C16H19N3O3/c1-11-13(9-17)5-6-14(18-11)16(22)19-8-2-3-12(10-19)4-7-15(20)21/h5-6,12H,2-4,7-8,10H2,1H3,(H,20,21)/t12-/m1/s1. The summed E-state index contributed by atoms with van der Waals surface area (Å²) in [5, 5.41) is 17.7. The van der Waals surface area contributed by atoms with Gasteiger partial charge < -0.3 is 10.0 Å². The van der Waals surface area contributed by atoms with Gasteiger partial charge in [-0.05, 0) is 44.2 Å². The molecule has 1 saturated heterocycles. The molecule has 1 aliphatic rings. The van der Waals surface area contributed by atoms with E-state index in [9.17, 15) is 9.59 Å². The number of aryl methyl sites for hydroxylation is 1. The molecule has 22 heavy (non-hydrogen) atoms. The van der Waals surface area contributed by atoms with Crippen LogP contribution in [0.5, 0.6) is 0 Å². The highest BCUT2D eigenvalue weighted by atomic mass is 16.4. The smallest absolute Gasteiger partial charge is 0.303 e. The normalized spacial score (nSPS) is 17.8. The number of aromatic nitrogens is 1. The number of likely N-dealkylation sites (tertiary alicyclic amines) is 1. The van der Waals surface area contributed by atoms with Gasteiger partial charge in [-0.2, -0.15) is 5.26 Å². The highest BCUT2D eigenvalue weighted by Gasteiger charge is 2.25. The number of pyridine rings is 1. The fourth-order valence-corrected chi connectivity index (χ4v) is 2.77. The van der Waals surface area contributed by atoms with E-state index in [-0.39, 0.29) is 18.2 Å². The SMILES string of the molecule is Cc1nc(C(=O)N2CCC[C@H](CCC(=O)O)C2)ccc1C#N. The van der Waals surface area contributed by atoms with Gasteiger partial charge in [0.1, 0.15) is 11.8 Å². The molecule has 2 heterocycles. The summed E-state index contributed by atoms with van der Waals surface area (Å²) in [6, 6.07) is 5.22. The van der Waals surface area contributed by atoms with Crippen molar-refractivity contribution in [2.24, 2.45) is 5.92 Å². The number of piperidine rings is 1. The fourth-order valence-electron chi connectivity index (χ4n) is 2.77. The second-order valence-corrected chi connectivity index (χ2v) is 5.63. The van der Waals surface area contributed by atoms with Gasteiger partial charge in [0, 0.05) is 19.5 Å². The van der Waals surface area contributed by atoms with Gasteiger partial charge in [0.05, 0.1) is 11.3 Å². The van der Waals surface area contributed by atoms with Gasteiger partial charge in [-0.1, -0.05) is 0 Å². The maximum Gasteiger partial charge on any atom is 0.303 e. The number of rotatable bonds is 4. The molecule has 0 aliphatic carbocycles. The second-order valence-electron chi connectivity index (χ2n) is 5.63. The Labute approximate surface area is 129 Å². The average Bonchev–Trinajstić information content (AvgIpc) is 2.52. The summed E-state index contributed by atoms with van der Waals surface area (Å²) in [4.78, 5) is 29.1. The number of nitrogens with zero attached hydrogens (tertiary/aromatic N) is 3. The molecule has 0 radical (unpaired) electrons. The van der Waals surface area contributed by atoms with Crippen LogP contribution in [-0.4, -0.2) is 40.0 Å². The Morgan fingerprint density at radius 1 is 1.50 bits per heavy atom. The molecule has 0 unspecified atom stereocenters. The minimum Gasteiger partial charge on any atom is -0.481 e. The first-order valence-electron chi connectivity index (χ1n) is 7.40. The van der Waals surface area contributed by atoms with E-state index < -0.39 is 5.97 Å². The molecule has 1 amide bonds. The molecule has 6 nitrogen and oxygen atoms in total. The summed E-state index contributed by atoms with van der Waals surface area (Å²) in [5.74, 6) is -0.714. The van der Waals surface area contributed by atoms with Gasteiger partial charge in [0.15, 0.2) is 0 Å². The number of aliphatic carboxylic acids is 1. The van der Waals surface area contributed by atoms with Crippen molar-refractivity contribution in [1.82, 2.24) is 9.88 Å². The number of hydrogen-bond acceptors (Lipinski definition) is 4. The zero-order valence-corrected chi connectivity index (χ0v) is 12.6. The van der Waals surface area contributed by atoms with Crippen molar-refractivity contribution in [2.45, 2.75) is 32.6 Å². The molecule has 1 aliphatic heterocycles. The lowest BCUT2D eigenvalue weighted by Gasteiger charge is -2.32. The van der Waals surface area contributed by atoms with Gasteiger partial charge in [-0.15, -0.1) is 0 Å². The van der Waals surface area contributed by atoms with Crippen LogP contribution < -0.4 is 0 Å². The van der Waals surface area contributed by atoms with Crippen molar-refractivity contribution in [1.29, 1.82) is 5.26 Å². The Bertz CT molecular complexity index is 622.